The number of phenolic OH excluding ortho intramolecular Hbond substituents is 1. The van der Waals surface area contributed by atoms with Crippen LogP contribution in [0.4, 0.5) is 0 Å². The lowest BCUT2D eigenvalue weighted by Gasteiger charge is -2.20. The van der Waals surface area contributed by atoms with Crippen molar-refractivity contribution in [1.82, 2.24) is 0 Å². The Kier molecular flexibility index (Phi) is 12.4. The molecular formula is C29H34O6. The van der Waals surface area contributed by atoms with Gasteiger partial charge < -0.3 is 19.3 Å². The van der Waals surface area contributed by atoms with E-state index in [2.05, 4.69) is 17.9 Å². The maximum absolute atomic E-state index is 11.7. The first-order valence-corrected chi connectivity index (χ1v) is 11.1. The van der Waals surface area contributed by atoms with E-state index in [1.807, 2.05) is 48.6 Å². The first-order valence-electron chi connectivity index (χ1n) is 11.1. The van der Waals surface area contributed by atoms with Crippen LogP contribution in [0.3, 0.4) is 0 Å². The van der Waals surface area contributed by atoms with Gasteiger partial charge in [-0.1, -0.05) is 61.7 Å². The molecule has 0 radical (unpaired) electrons. The highest BCUT2D eigenvalue weighted by Crippen LogP contribution is 2.15. The van der Waals surface area contributed by atoms with Gasteiger partial charge in [0.2, 0.25) is 0 Å². The van der Waals surface area contributed by atoms with E-state index in [9.17, 15) is 14.7 Å². The molecule has 2 aromatic carbocycles. The van der Waals surface area contributed by atoms with Gasteiger partial charge in [-0.25, -0.2) is 9.59 Å². The van der Waals surface area contributed by atoms with Crippen molar-refractivity contribution in [2.45, 2.75) is 33.3 Å². The zero-order valence-corrected chi connectivity index (χ0v) is 20.8. The number of hydrogen-bond donors (Lipinski definition) is 1. The molecule has 0 heterocycles. The Labute approximate surface area is 207 Å². The second kappa shape index (κ2) is 15.0. The van der Waals surface area contributed by atoms with Gasteiger partial charge in [0.05, 0.1) is 6.61 Å². The van der Waals surface area contributed by atoms with Crippen molar-refractivity contribution in [2.75, 3.05) is 13.2 Å². The van der Waals surface area contributed by atoms with Gasteiger partial charge in [0.1, 0.15) is 17.1 Å². The molecule has 6 heteroatoms. The molecule has 0 aliphatic heterocycles. The van der Waals surface area contributed by atoms with Crippen LogP contribution in [0.1, 0.15) is 38.8 Å². The lowest BCUT2D eigenvalue weighted by molar-refractivity contribution is -0.154. The van der Waals surface area contributed by atoms with E-state index in [1.165, 1.54) is 0 Å². The number of hydrogen-bond acceptors (Lipinski definition) is 6. The van der Waals surface area contributed by atoms with Crippen molar-refractivity contribution in [2.24, 2.45) is 0 Å². The number of phenols is 1. The molecule has 2 aromatic rings. The molecule has 0 bridgehead atoms. The quantitative estimate of drug-likeness (QED) is 0.191. The summed E-state index contributed by atoms with van der Waals surface area (Å²) < 4.78 is 15.2. The first kappa shape index (κ1) is 29.0. The van der Waals surface area contributed by atoms with Gasteiger partial charge >= 0.3 is 11.9 Å². The Morgan fingerprint density at radius 1 is 0.971 bits per heavy atom. The standard InChI is InChI=1S/C23H24O4.C6H10O2/c1-4-23(2,3)27-22(25)17-26-21-15-11-19(12-16-21)8-6-5-7-18-9-13-20(24)14-10-18;1-4-8-6(7)5(2)3/h4-16,24H,1,17H2,2-3H3;2,4H2,1,3H3. The third kappa shape index (κ3) is 12.7. The zero-order valence-electron chi connectivity index (χ0n) is 20.8. The highest BCUT2D eigenvalue weighted by molar-refractivity contribution is 5.86. The SMILES string of the molecule is C=C(C)C(=O)OCC.C=CC(C)(C)OC(=O)COc1ccc(C=CC=Cc2ccc(O)cc2)cc1. The van der Waals surface area contributed by atoms with Crippen molar-refractivity contribution in [3.05, 3.63) is 96.6 Å². The van der Waals surface area contributed by atoms with Crippen LogP contribution in [0.5, 0.6) is 11.5 Å². The molecule has 6 nitrogen and oxygen atoms in total. The Bertz CT molecular complexity index is 1030. The van der Waals surface area contributed by atoms with Gasteiger partial charge in [-0.2, -0.15) is 0 Å². The normalized spacial score (nSPS) is 10.9. The Morgan fingerprint density at radius 2 is 1.49 bits per heavy atom. The van der Waals surface area contributed by atoms with Crippen molar-refractivity contribution in [1.29, 1.82) is 0 Å². The minimum atomic E-state index is -0.706. The highest BCUT2D eigenvalue weighted by atomic mass is 16.6. The highest BCUT2D eigenvalue weighted by Gasteiger charge is 2.18. The fourth-order valence-corrected chi connectivity index (χ4v) is 2.36. The number of allylic oxidation sites excluding steroid dienone is 2. The van der Waals surface area contributed by atoms with Gasteiger partial charge in [-0.3, -0.25) is 0 Å². The topological polar surface area (TPSA) is 82.1 Å². The van der Waals surface area contributed by atoms with Crippen molar-refractivity contribution in [3.8, 4) is 11.5 Å². The van der Waals surface area contributed by atoms with Crippen LogP contribution < -0.4 is 4.74 Å². The van der Waals surface area contributed by atoms with Crippen LogP contribution >= 0.6 is 0 Å². The maximum atomic E-state index is 11.7. The summed E-state index contributed by atoms with van der Waals surface area (Å²) in [6.45, 7) is 14.2. The lowest BCUT2D eigenvalue weighted by atomic mass is 10.1. The molecule has 0 fully saturated rings. The van der Waals surface area contributed by atoms with Crippen LogP contribution in [0, 0.1) is 0 Å². The molecule has 0 saturated carbocycles. The van der Waals surface area contributed by atoms with Gasteiger partial charge in [-0.15, -0.1) is 0 Å². The molecule has 0 spiro atoms. The molecule has 0 saturated heterocycles. The molecule has 0 aliphatic rings. The number of carbonyl (C=O) groups is 2. The summed E-state index contributed by atoms with van der Waals surface area (Å²) in [6, 6.07) is 14.4. The Hall–Kier alpha value is -4.06. The van der Waals surface area contributed by atoms with E-state index < -0.39 is 11.6 Å². The monoisotopic (exact) mass is 478 g/mol. The number of ether oxygens (including phenoxy) is 3. The summed E-state index contributed by atoms with van der Waals surface area (Å²) in [5.74, 6) is 0.0959. The minimum Gasteiger partial charge on any atom is -0.508 e. The van der Waals surface area contributed by atoms with E-state index in [0.29, 0.717) is 17.9 Å². The number of aromatic hydroxyl groups is 1. The summed E-state index contributed by atoms with van der Waals surface area (Å²) in [5, 5.41) is 9.25. The fourth-order valence-electron chi connectivity index (χ4n) is 2.36. The predicted octanol–water partition coefficient (Wildman–Crippen LogP) is 6.13. The Morgan fingerprint density at radius 3 is 1.91 bits per heavy atom. The van der Waals surface area contributed by atoms with Crippen LogP contribution in [0.25, 0.3) is 12.2 Å². The number of carbonyl (C=O) groups excluding carboxylic acids is 2. The molecular weight excluding hydrogens is 444 g/mol. The number of esters is 2. The molecule has 0 unspecified atom stereocenters. The van der Waals surface area contributed by atoms with Crippen LogP contribution in [0.2, 0.25) is 0 Å². The molecule has 0 atom stereocenters. The average Bonchev–Trinajstić information content (AvgIpc) is 2.82. The van der Waals surface area contributed by atoms with Crippen LogP contribution in [0.15, 0.2) is 85.5 Å². The zero-order chi connectivity index (χ0) is 26.3. The summed E-state index contributed by atoms with van der Waals surface area (Å²) >= 11 is 0. The van der Waals surface area contributed by atoms with Gasteiger partial charge in [0.25, 0.3) is 0 Å². The third-order valence-electron chi connectivity index (χ3n) is 4.31. The fraction of sp³-hybridized carbons (Fsp3) is 0.241. The summed E-state index contributed by atoms with van der Waals surface area (Å²) in [5.41, 5.74) is 1.76. The van der Waals surface area contributed by atoms with Crippen LogP contribution in [-0.2, 0) is 19.1 Å². The summed E-state index contributed by atoms with van der Waals surface area (Å²) in [6.07, 6.45) is 9.33. The van der Waals surface area contributed by atoms with E-state index in [-0.39, 0.29) is 18.3 Å². The van der Waals surface area contributed by atoms with E-state index in [1.54, 1.807) is 58.0 Å². The molecule has 1 N–H and O–H groups in total. The first-order chi connectivity index (χ1) is 16.6. The molecule has 35 heavy (non-hydrogen) atoms. The lowest BCUT2D eigenvalue weighted by Crippen LogP contribution is -2.28. The third-order valence-corrected chi connectivity index (χ3v) is 4.31. The second-order valence-corrected chi connectivity index (χ2v) is 7.95. The van der Waals surface area contributed by atoms with Gasteiger partial charge in [0, 0.05) is 5.57 Å². The van der Waals surface area contributed by atoms with E-state index in [4.69, 9.17) is 9.47 Å². The second-order valence-electron chi connectivity index (χ2n) is 7.95. The largest absolute Gasteiger partial charge is 0.508 e. The molecule has 186 valence electrons. The van der Waals surface area contributed by atoms with Gasteiger partial charge in [-0.05, 0) is 69.2 Å². The predicted molar refractivity (Wildman–Crippen MR) is 140 cm³/mol. The molecule has 0 amide bonds. The maximum Gasteiger partial charge on any atom is 0.345 e. The van der Waals surface area contributed by atoms with Crippen molar-refractivity contribution >= 4 is 24.1 Å². The molecule has 0 aromatic heterocycles. The van der Waals surface area contributed by atoms with E-state index >= 15 is 0 Å². The van der Waals surface area contributed by atoms with Crippen molar-refractivity contribution < 1.29 is 28.9 Å². The van der Waals surface area contributed by atoms with Gasteiger partial charge in [0.15, 0.2) is 6.61 Å². The molecule has 0 aliphatic carbocycles. The number of rotatable bonds is 10. The number of benzene rings is 2. The summed E-state index contributed by atoms with van der Waals surface area (Å²) in [7, 11) is 0. The van der Waals surface area contributed by atoms with E-state index in [0.717, 1.165) is 11.1 Å². The summed E-state index contributed by atoms with van der Waals surface area (Å²) in [4.78, 5) is 22.2. The van der Waals surface area contributed by atoms with Crippen molar-refractivity contribution in [3.63, 3.8) is 0 Å². The average molecular weight is 479 g/mol. The smallest absolute Gasteiger partial charge is 0.345 e. The molecule has 2 rings (SSSR count). The van der Waals surface area contributed by atoms with Crippen LogP contribution in [-0.4, -0.2) is 35.9 Å². The Balaban J connectivity index is 0.000000658. The minimum absolute atomic E-state index is 0.151.